The standard InChI is InChI=1S/C6H15NO3.C6H14O2/c8-4-1-7(2-5-9)3-6-10;7-5-3-1-2-4-6-8/h8-10H,1-6H2;7-8H,1-6H2. The first-order valence-corrected chi connectivity index (χ1v) is 6.53. The molecule has 0 aliphatic carbocycles. The van der Waals surface area contributed by atoms with E-state index in [0.29, 0.717) is 19.6 Å². The maximum absolute atomic E-state index is 8.48. The molecule has 0 rings (SSSR count). The molecule has 0 saturated heterocycles. The fraction of sp³-hybridized carbons (Fsp3) is 1.00. The van der Waals surface area contributed by atoms with Gasteiger partial charge in [-0.3, -0.25) is 4.90 Å². The lowest BCUT2D eigenvalue weighted by Crippen LogP contribution is -2.32. The van der Waals surface area contributed by atoms with Crippen molar-refractivity contribution in [2.45, 2.75) is 25.7 Å². The Hall–Kier alpha value is -0.240. The quantitative estimate of drug-likeness (QED) is 0.301. The fourth-order valence-corrected chi connectivity index (χ4v) is 1.34. The highest BCUT2D eigenvalue weighted by atomic mass is 16.3. The van der Waals surface area contributed by atoms with Crippen molar-refractivity contribution in [3.05, 3.63) is 0 Å². The minimum atomic E-state index is 0.0694. The molecule has 0 amide bonds. The van der Waals surface area contributed by atoms with Crippen LogP contribution in [0, 0.1) is 0 Å². The maximum atomic E-state index is 8.48. The van der Waals surface area contributed by atoms with Gasteiger partial charge in [0.2, 0.25) is 0 Å². The Morgan fingerprint density at radius 2 is 0.778 bits per heavy atom. The minimum Gasteiger partial charge on any atom is -0.396 e. The van der Waals surface area contributed by atoms with Crippen molar-refractivity contribution >= 4 is 0 Å². The summed E-state index contributed by atoms with van der Waals surface area (Å²) in [5.74, 6) is 0. The number of unbranched alkanes of at least 4 members (excludes halogenated alkanes) is 3. The average molecular weight is 267 g/mol. The molecule has 0 atom stereocenters. The molecule has 5 N–H and O–H groups in total. The lowest BCUT2D eigenvalue weighted by molar-refractivity contribution is 0.136. The first-order chi connectivity index (χ1) is 8.76. The number of nitrogens with zero attached hydrogens (tertiary/aromatic N) is 1. The third kappa shape index (κ3) is 18.1. The Morgan fingerprint density at radius 3 is 1.00 bits per heavy atom. The molecular formula is C12H29NO5. The van der Waals surface area contributed by atoms with Gasteiger partial charge in [0.05, 0.1) is 19.8 Å². The molecule has 0 heterocycles. The number of aliphatic hydroxyl groups excluding tert-OH is 5. The Balaban J connectivity index is 0. The van der Waals surface area contributed by atoms with Crippen LogP contribution in [0.4, 0.5) is 0 Å². The Labute approximate surface area is 109 Å². The second-order valence-electron chi connectivity index (χ2n) is 3.87. The van der Waals surface area contributed by atoms with E-state index < -0.39 is 0 Å². The van der Waals surface area contributed by atoms with Gasteiger partial charge in [-0.2, -0.15) is 0 Å². The van der Waals surface area contributed by atoms with Gasteiger partial charge < -0.3 is 25.5 Å². The van der Waals surface area contributed by atoms with E-state index in [1.807, 2.05) is 0 Å². The van der Waals surface area contributed by atoms with Gasteiger partial charge in [-0.1, -0.05) is 12.8 Å². The summed E-state index contributed by atoms with van der Waals surface area (Å²) >= 11 is 0. The summed E-state index contributed by atoms with van der Waals surface area (Å²) < 4.78 is 0. The third-order valence-corrected chi connectivity index (χ3v) is 2.31. The zero-order chi connectivity index (χ0) is 14.1. The van der Waals surface area contributed by atoms with E-state index in [2.05, 4.69) is 0 Å². The second kappa shape index (κ2) is 19.1. The summed E-state index contributed by atoms with van der Waals surface area (Å²) in [6, 6.07) is 0. The minimum absolute atomic E-state index is 0.0694. The number of hydrogen-bond acceptors (Lipinski definition) is 6. The van der Waals surface area contributed by atoms with Gasteiger partial charge in [-0.15, -0.1) is 0 Å². The van der Waals surface area contributed by atoms with E-state index in [9.17, 15) is 0 Å². The van der Waals surface area contributed by atoms with Crippen molar-refractivity contribution in [3.63, 3.8) is 0 Å². The smallest absolute Gasteiger partial charge is 0.0558 e. The molecule has 0 aliphatic rings. The van der Waals surface area contributed by atoms with Gasteiger partial charge in [0.15, 0.2) is 0 Å². The van der Waals surface area contributed by atoms with E-state index >= 15 is 0 Å². The van der Waals surface area contributed by atoms with Crippen molar-refractivity contribution in [3.8, 4) is 0 Å². The van der Waals surface area contributed by atoms with Gasteiger partial charge in [-0.05, 0) is 12.8 Å². The molecule has 112 valence electrons. The topological polar surface area (TPSA) is 104 Å². The molecule has 0 fully saturated rings. The summed E-state index contributed by atoms with van der Waals surface area (Å²) in [5, 5.41) is 42.1. The lowest BCUT2D eigenvalue weighted by atomic mass is 10.2. The fourth-order valence-electron chi connectivity index (χ4n) is 1.34. The molecule has 6 heteroatoms. The molecule has 0 aromatic rings. The van der Waals surface area contributed by atoms with Crippen LogP contribution in [-0.2, 0) is 0 Å². The molecule has 0 aliphatic heterocycles. The van der Waals surface area contributed by atoms with Gasteiger partial charge in [0, 0.05) is 32.8 Å². The normalized spacial score (nSPS) is 10.3. The van der Waals surface area contributed by atoms with Crippen LogP contribution < -0.4 is 0 Å². The summed E-state index contributed by atoms with van der Waals surface area (Å²) in [4.78, 5) is 1.79. The summed E-state index contributed by atoms with van der Waals surface area (Å²) in [7, 11) is 0. The average Bonchev–Trinajstić information content (AvgIpc) is 2.37. The maximum Gasteiger partial charge on any atom is 0.0558 e. The number of aliphatic hydroxyl groups is 5. The van der Waals surface area contributed by atoms with Crippen LogP contribution in [0.3, 0.4) is 0 Å². The lowest BCUT2D eigenvalue weighted by Gasteiger charge is -2.17. The molecule has 0 radical (unpaired) electrons. The molecule has 0 unspecified atom stereocenters. The largest absolute Gasteiger partial charge is 0.396 e. The molecule has 0 aromatic carbocycles. The SMILES string of the molecule is OCCCCCCO.OCCN(CCO)CCO. The highest BCUT2D eigenvalue weighted by Crippen LogP contribution is 1.96. The van der Waals surface area contributed by atoms with E-state index in [0.717, 1.165) is 25.7 Å². The Kier molecular flexibility index (Phi) is 21.3. The van der Waals surface area contributed by atoms with Gasteiger partial charge >= 0.3 is 0 Å². The van der Waals surface area contributed by atoms with E-state index in [1.165, 1.54) is 0 Å². The van der Waals surface area contributed by atoms with Crippen LogP contribution in [0.25, 0.3) is 0 Å². The molecule has 0 spiro atoms. The van der Waals surface area contributed by atoms with E-state index in [1.54, 1.807) is 4.90 Å². The zero-order valence-electron chi connectivity index (χ0n) is 11.2. The summed E-state index contributed by atoms with van der Waals surface area (Å²) in [5.41, 5.74) is 0. The highest BCUT2D eigenvalue weighted by molar-refractivity contribution is 4.54. The second-order valence-corrected chi connectivity index (χ2v) is 3.87. The van der Waals surface area contributed by atoms with Crippen LogP contribution in [0.5, 0.6) is 0 Å². The highest BCUT2D eigenvalue weighted by Gasteiger charge is 2.00. The van der Waals surface area contributed by atoms with Crippen molar-refractivity contribution in [2.75, 3.05) is 52.7 Å². The van der Waals surface area contributed by atoms with Gasteiger partial charge in [0.1, 0.15) is 0 Å². The van der Waals surface area contributed by atoms with Gasteiger partial charge in [0.25, 0.3) is 0 Å². The van der Waals surface area contributed by atoms with Crippen LogP contribution in [0.15, 0.2) is 0 Å². The first-order valence-electron chi connectivity index (χ1n) is 6.53. The molecule has 6 nitrogen and oxygen atoms in total. The van der Waals surface area contributed by atoms with E-state index in [4.69, 9.17) is 25.5 Å². The first kappa shape index (κ1) is 20.1. The molecule has 0 saturated carbocycles. The monoisotopic (exact) mass is 267 g/mol. The van der Waals surface area contributed by atoms with Crippen molar-refractivity contribution < 1.29 is 25.5 Å². The van der Waals surface area contributed by atoms with Crippen LogP contribution >= 0.6 is 0 Å². The summed E-state index contributed by atoms with van der Waals surface area (Å²) in [6.07, 6.45) is 3.83. The van der Waals surface area contributed by atoms with Crippen molar-refractivity contribution in [1.82, 2.24) is 4.90 Å². The predicted molar refractivity (Wildman–Crippen MR) is 70.3 cm³/mol. The third-order valence-electron chi connectivity index (χ3n) is 2.31. The number of rotatable bonds is 11. The summed E-state index contributed by atoms with van der Waals surface area (Å²) in [6.45, 7) is 2.32. The molecule has 0 aromatic heterocycles. The molecule has 18 heavy (non-hydrogen) atoms. The van der Waals surface area contributed by atoms with Gasteiger partial charge in [-0.25, -0.2) is 0 Å². The molecular weight excluding hydrogens is 238 g/mol. The zero-order valence-corrected chi connectivity index (χ0v) is 11.2. The Bertz CT molecular complexity index is 117. The number of hydrogen-bond donors (Lipinski definition) is 5. The van der Waals surface area contributed by atoms with Crippen LogP contribution in [-0.4, -0.2) is 83.1 Å². The molecule has 0 bridgehead atoms. The van der Waals surface area contributed by atoms with Crippen molar-refractivity contribution in [1.29, 1.82) is 0 Å². The van der Waals surface area contributed by atoms with E-state index in [-0.39, 0.29) is 33.0 Å². The van der Waals surface area contributed by atoms with Crippen LogP contribution in [0.2, 0.25) is 0 Å². The van der Waals surface area contributed by atoms with Crippen molar-refractivity contribution in [2.24, 2.45) is 0 Å². The van der Waals surface area contributed by atoms with Crippen LogP contribution in [0.1, 0.15) is 25.7 Å². The predicted octanol–water partition coefficient (Wildman–Crippen LogP) is -1.20. The Morgan fingerprint density at radius 1 is 0.444 bits per heavy atom.